The van der Waals surface area contributed by atoms with Crippen molar-refractivity contribution >= 4 is 23.4 Å². The average Bonchev–Trinajstić information content (AvgIpc) is 3.10. The number of amides is 2. The molecule has 240 valence electrons. The standard InChI is InChI=1S/C39H38N2O6/c1-39(37(42)43,47-36-16-9-4-10-17-36)28-30-18-22-34(23-19-30)45-27-11-26-41(33-14-7-3-8-15-33)38(44)40-32-20-24-35(25-21-32)46-29-31-12-5-2-6-13-31/h2-10,12-25H,11,26-29H2,1H3,(H,40,44)(H,42,43)/t39-/m1/s1. The lowest BCUT2D eigenvalue weighted by Gasteiger charge is -2.26. The molecule has 0 aliphatic heterocycles. The van der Waals surface area contributed by atoms with Gasteiger partial charge in [-0.05, 0) is 85.1 Å². The number of carbonyl (C=O) groups excluding carboxylic acids is 1. The largest absolute Gasteiger partial charge is 0.494 e. The molecule has 1 atom stereocenters. The van der Waals surface area contributed by atoms with Gasteiger partial charge in [0.05, 0.1) is 6.61 Å². The minimum atomic E-state index is -1.43. The maximum absolute atomic E-state index is 13.4. The summed E-state index contributed by atoms with van der Waals surface area (Å²) in [5.41, 5.74) is 1.89. The summed E-state index contributed by atoms with van der Waals surface area (Å²) in [5.74, 6) is 0.824. The van der Waals surface area contributed by atoms with E-state index in [9.17, 15) is 14.7 Å². The molecule has 0 radical (unpaired) electrons. The number of benzene rings is 5. The first-order valence-electron chi connectivity index (χ1n) is 15.5. The molecule has 8 heteroatoms. The number of rotatable bonds is 15. The van der Waals surface area contributed by atoms with Crippen LogP contribution in [0.5, 0.6) is 17.2 Å². The van der Waals surface area contributed by atoms with Crippen molar-refractivity contribution in [2.45, 2.75) is 32.0 Å². The third kappa shape index (κ3) is 9.61. The fraction of sp³-hybridized carbons (Fsp3) is 0.179. The predicted octanol–water partition coefficient (Wildman–Crippen LogP) is 8.24. The first kappa shape index (κ1) is 32.6. The number of para-hydroxylation sites is 2. The van der Waals surface area contributed by atoms with Crippen molar-refractivity contribution in [2.24, 2.45) is 0 Å². The summed E-state index contributed by atoms with van der Waals surface area (Å²) < 4.78 is 17.7. The number of hydrogen-bond donors (Lipinski definition) is 2. The smallest absolute Gasteiger partial charge is 0.348 e. The molecular weight excluding hydrogens is 592 g/mol. The maximum Gasteiger partial charge on any atom is 0.348 e. The molecule has 0 saturated carbocycles. The molecule has 0 bridgehead atoms. The topological polar surface area (TPSA) is 97.3 Å². The van der Waals surface area contributed by atoms with Crippen molar-refractivity contribution in [3.05, 3.63) is 151 Å². The van der Waals surface area contributed by atoms with Crippen molar-refractivity contribution in [3.8, 4) is 17.2 Å². The summed E-state index contributed by atoms with van der Waals surface area (Å²) in [4.78, 5) is 27.1. The Balaban J connectivity index is 1.13. The number of aliphatic carboxylic acids is 1. The number of ether oxygens (including phenoxy) is 3. The van der Waals surface area contributed by atoms with Crippen LogP contribution in [-0.2, 0) is 17.8 Å². The van der Waals surface area contributed by atoms with Gasteiger partial charge in [-0.25, -0.2) is 9.59 Å². The van der Waals surface area contributed by atoms with Crippen LogP contribution in [0.25, 0.3) is 0 Å². The molecule has 0 aromatic heterocycles. The summed E-state index contributed by atoms with van der Waals surface area (Å²) in [7, 11) is 0. The van der Waals surface area contributed by atoms with E-state index in [0.29, 0.717) is 49.1 Å². The van der Waals surface area contributed by atoms with Crippen LogP contribution in [0.15, 0.2) is 140 Å². The van der Waals surface area contributed by atoms with E-state index < -0.39 is 11.6 Å². The quantitative estimate of drug-likeness (QED) is 0.113. The number of hydrogen-bond acceptors (Lipinski definition) is 5. The Labute approximate surface area is 275 Å². The van der Waals surface area contributed by atoms with Gasteiger partial charge in [-0.2, -0.15) is 0 Å². The molecule has 0 unspecified atom stereocenters. The van der Waals surface area contributed by atoms with Gasteiger partial charge in [0.15, 0.2) is 0 Å². The molecule has 5 rings (SSSR count). The number of urea groups is 1. The highest BCUT2D eigenvalue weighted by Crippen LogP contribution is 2.25. The molecule has 0 aliphatic rings. The van der Waals surface area contributed by atoms with Gasteiger partial charge in [0.2, 0.25) is 5.60 Å². The molecule has 0 heterocycles. The van der Waals surface area contributed by atoms with Crippen molar-refractivity contribution in [3.63, 3.8) is 0 Å². The van der Waals surface area contributed by atoms with E-state index in [2.05, 4.69) is 5.32 Å². The molecule has 0 saturated heterocycles. The van der Waals surface area contributed by atoms with Crippen molar-refractivity contribution in [2.75, 3.05) is 23.4 Å². The fourth-order valence-corrected chi connectivity index (χ4v) is 4.93. The van der Waals surface area contributed by atoms with Gasteiger partial charge in [0, 0.05) is 24.3 Å². The minimum absolute atomic E-state index is 0.183. The lowest BCUT2D eigenvalue weighted by molar-refractivity contribution is -0.153. The number of carbonyl (C=O) groups is 2. The second-order valence-corrected chi connectivity index (χ2v) is 11.2. The predicted molar refractivity (Wildman–Crippen MR) is 183 cm³/mol. The number of nitrogens with zero attached hydrogens (tertiary/aromatic N) is 1. The minimum Gasteiger partial charge on any atom is -0.494 e. The molecule has 0 fully saturated rings. The van der Waals surface area contributed by atoms with Crippen LogP contribution in [-0.4, -0.2) is 35.9 Å². The highest BCUT2D eigenvalue weighted by molar-refractivity contribution is 6.01. The molecule has 2 N–H and O–H groups in total. The Morgan fingerprint density at radius 1 is 0.681 bits per heavy atom. The second kappa shape index (κ2) is 16.0. The van der Waals surface area contributed by atoms with Gasteiger partial charge in [-0.1, -0.05) is 78.9 Å². The number of anilines is 2. The molecule has 2 amide bonds. The molecule has 5 aromatic rings. The van der Waals surface area contributed by atoms with Crippen LogP contribution in [0.4, 0.5) is 16.2 Å². The van der Waals surface area contributed by atoms with Gasteiger partial charge in [-0.15, -0.1) is 0 Å². The molecule has 0 aliphatic carbocycles. The highest BCUT2D eigenvalue weighted by Gasteiger charge is 2.36. The van der Waals surface area contributed by atoms with Gasteiger partial charge in [0.1, 0.15) is 23.9 Å². The zero-order chi connectivity index (χ0) is 32.9. The van der Waals surface area contributed by atoms with Gasteiger partial charge in [-0.3, -0.25) is 4.90 Å². The van der Waals surface area contributed by atoms with Gasteiger partial charge in [0.25, 0.3) is 0 Å². The molecule has 0 spiro atoms. The first-order chi connectivity index (χ1) is 22.9. The highest BCUT2D eigenvalue weighted by atomic mass is 16.5. The summed E-state index contributed by atoms with van der Waals surface area (Å²) in [6.07, 6.45) is 0.764. The lowest BCUT2D eigenvalue weighted by Crippen LogP contribution is -2.43. The Kier molecular flexibility index (Phi) is 11.1. The summed E-state index contributed by atoms with van der Waals surface area (Å²) in [5, 5.41) is 12.9. The summed E-state index contributed by atoms with van der Waals surface area (Å²) in [6.45, 7) is 2.85. The normalized spacial score (nSPS) is 11.9. The Bertz CT molecular complexity index is 1700. The second-order valence-electron chi connectivity index (χ2n) is 11.2. The zero-order valence-electron chi connectivity index (χ0n) is 26.3. The molecule has 5 aromatic carbocycles. The van der Waals surface area contributed by atoms with Crippen LogP contribution >= 0.6 is 0 Å². The van der Waals surface area contributed by atoms with Crippen molar-refractivity contribution in [1.29, 1.82) is 0 Å². The number of carboxylic acids is 1. The van der Waals surface area contributed by atoms with E-state index in [0.717, 1.165) is 16.8 Å². The first-order valence-corrected chi connectivity index (χ1v) is 15.5. The summed E-state index contributed by atoms with van der Waals surface area (Å²) in [6, 6.07) is 42.7. The SMILES string of the molecule is C[C@](Cc1ccc(OCCCN(C(=O)Nc2ccc(OCc3ccccc3)cc2)c2ccccc2)cc1)(Oc1ccccc1)C(=O)O. The van der Waals surface area contributed by atoms with Crippen molar-refractivity contribution < 1.29 is 28.9 Å². The van der Waals surface area contributed by atoms with E-state index >= 15 is 0 Å². The maximum atomic E-state index is 13.4. The molecular formula is C39H38N2O6. The Morgan fingerprint density at radius 3 is 1.89 bits per heavy atom. The number of nitrogens with one attached hydrogen (secondary N) is 1. The zero-order valence-corrected chi connectivity index (χ0v) is 26.3. The van der Waals surface area contributed by atoms with Crippen LogP contribution < -0.4 is 24.4 Å². The van der Waals surface area contributed by atoms with E-state index in [4.69, 9.17) is 14.2 Å². The third-order valence-electron chi connectivity index (χ3n) is 7.47. The van der Waals surface area contributed by atoms with E-state index in [-0.39, 0.29) is 12.5 Å². The lowest BCUT2D eigenvalue weighted by atomic mass is 9.96. The van der Waals surface area contributed by atoms with E-state index in [1.165, 1.54) is 0 Å². The van der Waals surface area contributed by atoms with Gasteiger partial charge >= 0.3 is 12.0 Å². The molecule has 47 heavy (non-hydrogen) atoms. The average molecular weight is 631 g/mol. The van der Waals surface area contributed by atoms with Crippen LogP contribution in [0.1, 0.15) is 24.5 Å². The number of carboxylic acid groups (broad SMARTS) is 1. The van der Waals surface area contributed by atoms with E-state index in [1.807, 2.05) is 115 Å². The van der Waals surface area contributed by atoms with Crippen LogP contribution in [0.3, 0.4) is 0 Å². The van der Waals surface area contributed by atoms with Crippen LogP contribution in [0.2, 0.25) is 0 Å². The monoisotopic (exact) mass is 630 g/mol. The van der Waals surface area contributed by atoms with Gasteiger partial charge < -0.3 is 24.6 Å². The fourth-order valence-electron chi connectivity index (χ4n) is 4.93. The van der Waals surface area contributed by atoms with Crippen LogP contribution in [0, 0.1) is 0 Å². The van der Waals surface area contributed by atoms with E-state index in [1.54, 1.807) is 36.1 Å². The van der Waals surface area contributed by atoms with Crippen molar-refractivity contribution in [1.82, 2.24) is 0 Å². The summed E-state index contributed by atoms with van der Waals surface area (Å²) >= 11 is 0. The molecule has 8 nitrogen and oxygen atoms in total. The third-order valence-corrected chi connectivity index (χ3v) is 7.47. The Hall–Kier alpha value is -5.76. The Morgan fingerprint density at radius 2 is 1.26 bits per heavy atom.